The third kappa shape index (κ3) is 4.41. The van der Waals surface area contributed by atoms with E-state index in [2.05, 4.69) is 53.3 Å². The molecule has 1 saturated heterocycles. The van der Waals surface area contributed by atoms with Gasteiger partial charge in [-0.1, -0.05) is 56.6 Å². The lowest BCUT2D eigenvalue weighted by molar-refractivity contribution is -0.135. The van der Waals surface area contributed by atoms with Crippen LogP contribution in [0.5, 0.6) is 5.75 Å². The summed E-state index contributed by atoms with van der Waals surface area (Å²) in [6.45, 7) is 8.15. The number of carbonyl (C=O) groups is 1. The van der Waals surface area contributed by atoms with Crippen LogP contribution in [0.3, 0.4) is 0 Å². The topological polar surface area (TPSA) is 70.6 Å². The highest BCUT2D eigenvalue weighted by Gasteiger charge is 2.43. The number of benzene rings is 2. The summed E-state index contributed by atoms with van der Waals surface area (Å²) in [5.41, 5.74) is 3.25. The number of piperazine rings is 1. The Kier molecular flexibility index (Phi) is 6.05. The van der Waals surface area contributed by atoms with Crippen LogP contribution in [-0.2, 0) is 16.6 Å². The number of carbonyl (C=O) groups excluding carboxylic acids is 1. The molecule has 3 heterocycles. The predicted octanol–water partition coefficient (Wildman–Crippen LogP) is 5.13. The van der Waals surface area contributed by atoms with E-state index in [1.54, 1.807) is 13.2 Å². The number of ether oxygens (including phenoxy) is 1. The molecule has 0 saturated carbocycles. The minimum absolute atomic E-state index is 0.00248. The van der Waals surface area contributed by atoms with Crippen molar-refractivity contribution in [2.75, 3.05) is 37.0 Å². The Morgan fingerprint density at radius 3 is 2.71 bits per heavy atom. The summed E-state index contributed by atoms with van der Waals surface area (Å²) in [6.07, 6.45) is 0.681. The Morgan fingerprint density at radius 1 is 1.17 bits per heavy atom. The van der Waals surface area contributed by atoms with Crippen LogP contribution >= 0.6 is 11.6 Å². The van der Waals surface area contributed by atoms with Gasteiger partial charge in [0.05, 0.1) is 24.7 Å². The lowest BCUT2D eigenvalue weighted by Crippen LogP contribution is -2.58. The highest BCUT2D eigenvalue weighted by atomic mass is 35.5. The van der Waals surface area contributed by atoms with E-state index >= 15 is 0 Å². The van der Waals surface area contributed by atoms with Crippen molar-refractivity contribution in [1.82, 2.24) is 14.9 Å². The number of aryl methyl sites for hydroxylation is 1. The molecular weight excluding hydrogens is 462 g/mol. The molecule has 5 rings (SSSR count). The number of nitrogens with zero attached hydrogens (tertiary/aromatic N) is 4. The van der Waals surface area contributed by atoms with Gasteiger partial charge in [-0.05, 0) is 29.3 Å². The smallest absolute Gasteiger partial charge is 0.242 e. The fraction of sp³-hybridized carbons (Fsp3) is 0.370. The summed E-state index contributed by atoms with van der Waals surface area (Å²) in [4.78, 5) is 26.9. The van der Waals surface area contributed by atoms with Crippen LogP contribution in [0, 0.1) is 0 Å². The molecule has 182 valence electrons. The molecule has 0 spiro atoms. The van der Waals surface area contributed by atoms with Crippen molar-refractivity contribution in [2.45, 2.75) is 38.6 Å². The maximum absolute atomic E-state index is 13.3. The van der Waals surface area contributed by atoms with Gasteiger partial charge >= 0.3 is 0 Å². The third-order valence-corrected chi connectivity index (χ3v) is 7.15. The van der Waals surface area contributed by atoms with Crippen molar-refractivity contribution in [3.8, 4) is 5.75 Å². The number of methoxy groups -OCH3 is 1. The summed E-state index contributed by atoms with van der Waals surface area (Å²) in [5.74, 6) is 2.85. The first-order valence-electron chi connectivity index (χ1n) is 11.9. The van der Waals surface area contributed by atoms with Crippen LogP contribution in [0.4, 0.5) is 17.3 Å². The Bertz CT molecular complexity index is 1280. The van der Waals surface area contributed by atoms with Gasteiger partial charge in [-0.25, -0.2) is 9.97 Å². The maximum atomic E-state index is 13.3. The molecule has 1 unspecified atom stereocenters. The van der Waals surface area contributed by atoms with Crippen molar-refractivity contribution >= 4 is 34.8 Å². The molecule has 0 bridgehead atoms. The van der Waals surface area contributed by atoms with E-state index in [1.165, 1.54) is 11.1 Å². The number of aromatic nitrogens is 2. The molecule has 1 amide bonds. The monoisotopic (exact) mass is 491 g/mol. The highest BCUT2D eigenvalue weighted by molar-refractivity contribution is 6.32. The van der Waals surface area contributed by atoms with E-state index in [0.29, 0.717) is 41.9 Å². The summed E-state index contributed by atoms with van der Waals surface area (Å²) in [5, 5.41) is 3.85. The summed E-state index contributed by atoms with van der Waals surface area (Å²) in [6, 6.07) is 15.9. The normalized spacial score (nSPS) is 18.7. The molecule has 0 radical (unpaired) electrons. The van der Waals surface area contributed by atoms with Crippen molar-refractivity contribution in [3.63, 3.8) is 0 Å². The van der Waals surface area contributed by atoms with Gasteiger partial charge in [0.2, 0.25) is 5.91 Å². The standard InChI is InChI=1S/C27H30ClN5O2/c1-5-23-30-24(29-17-10-11-22(35-4)20(28)12-17)13-25(31-23)32-14-21-18-8-6-7-9-19(18)27(2,3)16-33(21)26(34)15-32/h6-13,21H,5,14-16H2,1-4H3,(H,29,30,31). The van der Waals surface area contributed by atoms with Crippen LogP contribution in [0.1, 0.15) is 43.8 Å². The summed E-state index contributed by atoms with van der Waals surface area (Å²) in [7, 11) is 1.59. The number of fused-ring (bicyclic) bond motifs is 3. The number of hydrogen-bond donors (Lipinski definition) is 1. The maximum Gasteiger partial charge on any atom is 0.242 e. The lowest BCUT2D eigenvalue weighted by atomic mass is 9.75. The van der Waals surface area contributed by atoms with Crippen LogP contribution in [-0.4, -0.2) is 47.5 Å². The molecule has 1 fully saturated rings. The average Bonchev–Trinajstić information content (AvgIpc) is 2.84. The number of amides is 1. The van der Waals surface area contributed by atoms with Crippen molar-refractivity contribution in [1.29, 1.82) is 0 Å². The van der Waals surface area contributed by atoms with Crippen molar-refractivity contribution < 1.29 is 9.53 Å². The Labute approximate surface area is 211 Å². The minimum atomic E-state index is -0.0774. The predicted molar refractivity (Wildman–Crippen MR) is 139 cm³/mol. The zero-order chi connectivity index (χ0) is 24.7. The van der Waals surface area contributed by atoms with Gasteiger partial charge in [0.1, 0.15) is 23.2 Å². The molecule has 1 atom stereocenters. The first kappa shape index (κ1) is 23.4. The second-order valence-corrected chi connectivity index (χ2v) is 10.2. The van der Waals surface area contributed by atoms with Crippen LogP contribution in [0.15, 0.2) is 48.5 Å². The zero-order valence-corrected chi connectivity index (χ0v) is 21.3. The van der Waals surface area contributed by atoms with Crippen LogP contribution < -0.4 is 15.0 Å². The van der Waals surface area contributed by atoms with Gasteiger partial charge < -0.3 is 19.9 Å². The third-order valence-electron chi connectivity index (χ3n) is 6.85. The largest absolute Gasteiger partial charge is 0.495 e. The zero-order valence-electron chi connectivity index (χ0n) is 20.5. The van der Waals surface area contributed by atoms with Gasteiger partial charge in [-0.15, -0.1) is 0 Å². The molecule has 35 heavy (non-hydrogen) atoms. The number of hydrogen-bond acceptors (Lipinski definition) is 6. The molecule has 1 aromatic heterocycles. The Hall–Kier alpha value is -3.32. The lowest BCUT2D eigenvalue weighted by Gasteiger charge is -2.50. The van der Waals surface area contributed by atoms with Gasteiger partial charge in [-0.2, -0.15) is 0 Å². The molecule has 2 aromatic carbocycles. The van der Waals surface area contributed by atoms with E-state index < -0.39 is 0 Å². The minimum Gasteiger partial charge on any atom is -0.495 e. The van der Waals surface area contributed by atoms with Gasteiger partial charge in [-0.3, -0.25) is 4.79 Å². The Balaban J connectivity index is 1.46. The number of rotatable bonds is 5. The van der Waals surface area contributed by atoms with Crippen molar-refractivity contribution in [3.05, 3.63) is 70.5 Å². The van der Waals surface area contributed by atoms with Crippen molar-refractivity contribution in [2.24, 2.45) is 0 Å². The molecule has 2 aliphatic heterocycles. The number of halogens is 1. The van der Waals surface area contributed by atoms with Gasteiger partial charge in [0, 0.05) is 36.7 Å². The summed E-state index contributed by atoms with van der Waals surface area (Å²) < 4.78 is 5.25. The molecule has 0 aliphatic carbocycles. The average molecular weight is 492 g/mol. The van der Waals surface area contributed by atoms with E-state index in [4.69, 9.17) is 21.3 Å². The molecule has 8 heteroatoms. The van der Waals surface area contributed by atoms with E-state index in [1.807, 2.05) is 30.0 Å². The van der Waals surface area contributed by atoms with E-state index in [0.717, 1.165) is 18.1 Å². The Morgan fingerprint density at radius 2 is 1.97 bits per heavy atom. The van der Waals surface area contributed by atoms with Gasteiger partial charge in [0.15, 0.2) is 0 Å². The molecule has 7 nitrogen and oxygen atoms in total. The second kappa shape index (κ2) is 9.04. The quantitative estimate of drug-likeness (QED) is 0.533. The number of anilines is 3. The second-order valence-electron chi connectivity index (χ2n) is 9.74. The first-order chi connectivity index (χ1) is 16.8. The number of nitrogens with one attached hydrogen (secondary N) is 1. The SMILES string of the molecule is CCc1nc(Nc2ccc(OC)c(Cl)c2)cc(N2CC(=O)N3CC(C)(C)c4ccccc4C3C2)n1. The summed E-state index contributed by atoms with van der Waals surface area (Å²) >= 11 is 6.30. The van der Waals surface area contributed by atoms with Crippen LogP contribution in [0.25, 0.3) is 0 Å². The molecular formula is C27H30ClN5O2. The van der Waals surface area contributed by atoms with E-state index in [-0.39, 0.29) is 17.4 Å². The highest BCUT2D eigenvalue weighted by Crippen LogP contribution is 2.42. The fourth-order valence-electron chi connectivity index (χ4n) is 5.11. The van der Waals surface area contributed by atoms with E-state index in [9.17, 15) is 4.79 Å². The van der Waals surface area contributed by atoms with Gasteiger partial charge in [0.25, 0.3) is 0 Å². The molecule has 1 N–H and O–H groups in total. The first-order valence-corrected chi connectivity index (χ1v) is 12.3. The molecule has 2 aliphatic rings. The van der Waals surface area contributed by atoms with Crippen LogP contribution in [0.2, 0.25) is 5.02 Å². The fourth-order valence-corrected chi connectivity index (χ4v) is 5.37. The molecule has 3 aromatic rings.